The lowest BCUT2D eigenvalue weighted by Crippen LogP contribution is -2.15. The van der Waals surface area contributed by atoms with Crippen molar-refractivity contribution >= 4 is 22.2 Å². The molecule has 0 unspecified atom stereocenters. The zero-order chi connectivity index (χ0) is 23.9. The van der Waals surface area contributed by atoms with Gasteiger partial charge in [0, 0.05) is 34.8 Å². The number of benzene rings is 2. The van der Waals surface area contributed by atoms with Crippen LogP contribution in [0.15, 0.2) is 67.0 Å². The molecule has 3 heterocycles. The van der Waals surface area contributed by atoms with Gasteiger partial charge in [0.15, 0.2) is 0 Å². The molecule has 1 fully saturated rings. The number of aryl methyl sites for hydroxylation is 1. The van der Waals surface area contributed by atoms with E-state index in [-0.39, 0.29) is 0 Å². The van der Waals surface area contributed by atoms with Crippen LogP contribution < -0.4 is 5.73 Å². The number of hydrogen-bond donors (Lipinski definition) is 1. The Hall–Kier alpha value is -3.73. The number of hydrogen-bond acceptors (Lipinski definition) is 4. The molecular weight excluding hydrogens is 430 g/mol. The van der Waals surface area contributed by atoms with Crippen molar-refractivity contribution < 1.29 is 0 Å². The summed E-state index contributed by atoms with van der Waals surface area (Å²) >= 11 is 0. The van der Waals surface area contributed by atoms with E-state index < -0.39 is 0 Å². The van der Waals surface area contributed by atoms with Gasteiger partial charge >= 0.3 is 0 Å². The lowest BCUT2D eigenvalue weighted by molar-refractivity contribution is 0.312. The van der Waals surface area contributed by atoms with E-state index >= 15 is 0 Å². The van der Waals surface area contributed by atoms with E-state index in [2.05, 4.69) is 59.6 Å². The number of fused-ring (bicyclic) bond motifs is 2. The SMILES string of the molecule is CCC1CCC(c2nc(-c3ccc4ccc(-c5ccccc5)nc4c3C)c3c(N)nccn23)CC1. The van der Waals surface area contributed by atoms with Gasteiger partial charge in [-0.25, -0.2) is 15.0 Å². The molecule has 0 spiro atoms. The highest BCUT2D eigenvalue weighted by atomic mass is 15.1. The first-order valence-electron chi connectivity index (χ1n) is 12.7. The second kappa shape index (κ2) is 8.81. The van der Waals surface area contributed by atoms with E-state index in [4.69, 9.17) is 15.7 Å². The van der Waals surface area contributed by atoms with E-state index in [1.165, 1.54) is 32.1 Å². The Labute approximate surface area is 206 Å². The topological polar surface area (TPSA) is 69.1 Å². The van der Waals surface area contributed by atoms with Crippen molar-refractivity contribution in [1.82, 2.24) is 19.4 Å². The maximum absolute atomic E-state index is 6.46. The van der Waals surface area contributed by atoms with Crippen LogP contribution in [0.25, 0.3) is 38.9 Å². The summed E-state index contributed by atoms with van der Waals surface area (Å²) in [6.45, 7) is 4.45. The molecule has 6 rings (SSSR count). The maximum Gasteiger partial charge on any atom is 0.150 e. The zero-order valence-electron chi connectivity index (χ0n) is 20.4. The summed E-state index contributed by atoms with van der Waals surface area (Å²) in [5.74, 6) is 2.93. The fourth-order valence-electron chi connectivity index (χ4n) is 5.75. The van der Waals surface area contributed by atoms with Crippen LogP contribution in [0, 0.1) is 12.8 Å². The van der Waals surface area contributed by atoms with Gasteiger partial charge in [-0.2, -0.15) is 0 Å². The van der Waals surface area contributed by atoms with Crippen molar-refractivity contribution in [3.63, 3.8) is 0 Å². The fraction of sp³-hybridized carbons (Fsp3) is 0.300. The molecule has 0 radical (unpaired) electrons. The van der Waals surface area contributed by atoms with Gasteiger partial charge in [0.05, 0.1) is 11.2 Å². The smallest absolute Gasteiger partial charge is 0.150 e. The third kappa shape index (κ3) is 3.75. The van der Waals surface area contributed by atoms with Crippen molar-refractivity contribution in [1.29, 1.82) is 0 Å². The van der Waals surface area contributed by atoms with Crippen LogP contribution in [0.2, 0.25) is 0 Å². The molecule has 1 aliphatic rings. The highest BCUT2D eigenvalue weighted by molar-refractivity contribution is 5.94. The molecule has 0 aliphatic heterocycles. The van der Waals surface area contributed by atoms with Gasteiger partial charge in [0.2, 0.25) is 0 Å². The molecule has 0 atom stereocenters. The minimum atomic E-state index is 0.449. The molecule has 1 aliphatic carbocycles. The molecule has 1 saturated carbocycles. The number of pyridine rings is 1. The minimum absolute atomic E-state index is 0.449. The normalized spacial score (nSPS) is 18.3. The predicted molar refractivity (Wildman–Crippen MR) is 143 cm³/mol. The van der Waals surface area contributed by atoms with Crippen molar-refractivity contribution in [2.45, 2.75) is 51.9 Å². The van der Waals surface area contributed by atoms with Crippen LogP contribution in [0.1, 0.15) is 56.3 Å². The van der Waals surface area contributed by atoms with Gasteiger partial charge in [-0.3, -0.25) is 4.40 Å². The Bertz CT molecular complexity index is 1510. The number of nitrogens with zero attached hydrogens (tertiary/aromatic N) is 4. The summed E-state index contributed by atoms with van der Waals surface area (Å²) < 4.78 is 2.19. The van der Waals surface area contributed by atoms with Gasteiger partial charge in [-0.1, -0.05) is 61.9 Å². The zero-order valence-corrected chi connectivity index (χ0v) is 20.4. The molecule has 5 heteroatoms. The Morgan fingerprint density at radius 2 is 1.71 bits per heavy atom. The van der Waals surface area contributed by atoms with Crippen LogP contribution in [0.4, 0.5) is 5.82 Å². The first kappa shape index (κ1) is 21.8. The molecule has 5 aromatic rings. The quantitative estimate of drug-likeness (QED) is 0.308. The van der Waals surface area contributed by atoms with Crippen LogP contribution >= 0.6 is 0 Å². The predicted octanol–water partition coefficient (Wildman–Crippen LogP) is 7.19. The minimum Gasteiger partial charge on any atom is -0.382 e. The maximum atomic E-state index is 6.46. The number of rotatable bonds is 4. The fourth-order valence-corrected chi connectivity index (χ4v) is 5.75. The largest absolute Gasteiger partial charge is 0.382 e. The average Bonchev–Trinajstić information content (AvgIpc) is 3.30. The molecule has 5 nitrogen and oxygen atoms in total. The second-order valence-corrected chi connectivity index (χ2v) is 9.85. The molecular formula is C30H31N5. The highest BCUT2D eigenvalue weighted by Gasteiger charge is 2.27. The molecule has 176 valence electrons. The number of imidazole rings is 1. The third-order valence-corrected chi connectivity index (χ3v) is 7.84. The van der Waals surface area contributed by atoms with E-state index in [0.29, 0.717) is 11.7 Å². The van der Waals surface area contributed by atoms with Gasteiger partial charge in [-0.05, 0) is 50.2 Å². The molecule has 2 N–H and O–H groups in total. The van der Waals surface area contributed by atoms with Crippen molar-refractivity contribution in [2.24, 2.45) is 5.92 Å². The van der Waals surface area contributed by atoms with Crippen LogP contribution in [-0.4, -0.2) is 19.4 Å². The van der Waals surface area contributed by atoms with Gasteiger partial charge in [-0.15, -0.1) is 0 Å². The Kier molecular flexibility index (Phi) is 5.48. The molecule has 35 heavy (non-hydrogen) atoms. The molecule has 0 saturated heterocycles. The lowest BCUT2D eigenvalue weighted by Gasteiger charge is -2.27. The first-order chi connectivity index (χ1) is 17.1. The summed E-state index contributed by atoms with van der Waals surface area (Å²) in [7, 11) is 0. The van der Waals surface area contributed by atoms with E-state index in [9.17, 15) is 0 Å². The number of aromatic nitrogens is 4. The standard InChI is InChI=1S/C30H31N5/c1-3-20-9-11-23(12-10-20)30-34-27(28-29(31)32-17-18-35(28)30)24-15-13-22-14-16-25(33-26(22)19(24)2)21-7-5-4-6-8-21/h4-8,13-18,20,23H,3,9-12H2,1-2H3,(H2,31,32). The number of anilines is 1. The monoisotopic (exact) mass is 461 g/mol. The Morgan fingerprint density at radius 1 is 0.943 bits per heavy atom. The van der Waals surface area contributed by atoms with E-state index in [0.717, 1.165) is 56.2 Å². The van der Waals surface area contributed by atoms with Crippen molar-refractivity contribution in [3.05, 3.63) is 78.4 Å². The summed E-state index contributed by atoms with van der Waals surface area (Å²) in [5, 5.41) is 1.12. The van der Waals surface area contributed by atoms with Gasteiger partial charge < -0.3 is 5.73 Å². The van der Waals surface area contributed by atoms with Crippen LogP contribution in [-0.2, 0) is 0 Å². The highest BCUT2D eigenvalue weighted by Crippen LogP contribution is 2.40. The Balaban J connectivity index is 1.50. The number of nitrogens with two attached hydrogens (primary N) is 1. The summed E-state index contributed by atoms with van der Waals surface area (Å²) in [6.07, 6.45) is 9.98. The summed E-state index contributed by atoms with van der Waals surface area (Å²) in [5.41, 5.74) is 13.5. The average molecular weight is 462 g/mol. The summed E-state index contributed by atoms with van der Waals surface area (Å²) in [6, 6.07) is 18.9. The second-order valence-electron chi connectivity index (χ2n) is 9.85. The van der Waals surface area contributed by atoms with Crippen LogP contribution in [0.5, 0.6) is 0 Å². The van der Waals surface area contributed by atoms with E-state index in [1.54, 1.807) is 6.20 Å². The Morgan fingerprint density at radius 3 is 2.49 bits per heavy atom. The molecule has 2 aromatic carbocycles. The van der Waals surface area contributed by atoms with Crippen molar-refractivity contribution in [3.8, 4) is 22.5 Å². The lowest BCUT2D eigenvalue weighted by atomic mass is 9.80. The number of nitrogen functional groups attached to an aromatic ring is 1. The third-order valence-electron chi connectivity index (χ3n) is 7.84. The summed E-state index contributed by atoms with van der Waals surface area (Å²) in [4.78, 5) is 14.7. The first-order valence-corrected chi connectivity index (χ1v) is 12.7. The molecule has 3 aromatic heterocycles. The van der Waals surface area contributed by atoms with Crippen molar-refractivity contribution in [2.75, 3.05) is 5.73 Å². The van der Waals surface area contributed by atoms with Gasteiger partial charge in [0.25, 0.3) is 0 Å². The van der Waals surface area contributed by atoms with Gasteiger partial charge in [0.1, 0.15) is 22.9 Å². The van der Waals surface area contributed by atoms with E-state index in [1.807, 2.05) is 24.4 Å². The molecule has 0 amide bonds. The molecule has 0 bridgehead atoms. The van der Waals surface area contributed by atoms with Crippen LogP contribution in [0.3, 0.4) is 0 Å².